The molecule has 3 aliphatic carbocycles. The Bertz CT molecular complexity index is 688. The molecule has 0 aromatic heterocycles. The molecule has 1 saturated carbocycles. The molecule has 1 fully saturated rings. The van der Waals surface area contributed by atoms with Crippen LogP contribution in [0, 0.1) is 16.7 Å². The minimum absolute atomic E-state index is 0.0183. The Morgan fingerprint density at radius 1 is 1.09 bits per heavy atom. The van der Waals surface area contributed by atoms with Gasteiger partial charge in [-0.3, -0.25) is 9.59 Å². The lowest BCUT2D eigenvalue weighted by molar-refractivity contribution is -0.116. The van der Waals surface area contributed by atoms with Crippen LogP contribution in [-0.2, 0) is 9.59 Å². The van der Waals surface area contributed by atoms with Crippen molar-refractivity contribution in [1.82, 2.24) is 0 Å². The first-order valence-corrected chi connectivity index (χ1v) is 8.87. The number of rotatable bonds is 1. The highest BCUT2D eigenvalue weighted by molar-refractivity contribution is 9.12. The molecule has 0 aromatic rings. The molecule has 22 heavy (non-hydrogen) atoms. The molecular weight excluding hydrogens is 340 g/mol. The first-order chi connectivity index (χ1) is 10.1. The van der Waals surface area contributed by atoms with Crippen LogP contribution in [0.3, 0.4) is 0 Å². The summed E-state index contributed by atoms with van der Waals surface area (Å²) in [5, 5.41) is 0. The SMILES string of the molecule is CC(C)C1=C(Br)C(=O)C2=C(C=C3C(C)(C)CCC[C@@]32C)C1=O. The third kappa shape index (κ3) is 1.90. The summed E-state index contributed by atoms with van der Waals surface area (Å²) >= 11 is 3.42. The summed E-state index contributed by atoms with van der Waals surface area (Å²) in [6.45, 7) is 10.5. The van der Waals surface area contributed by atoms with Crippen LogP contribution >= 0.6 is 15.9 Å². The molecule has 3 rings (SSSR count). The number of carbonyl (C=O) groups excluding carboxylic acids is 2. The zero-order valence-corrected chi connectivity index (χ0v) is 15.6. The zero-order chi connectivity index (χ0) is 16.4. The molecule has 0 bridgehead atoms. The van der Waals surface area contributed by atoms with E-state index in [9.17, 15) is 9.59 Å². The molecule has 2 nitrogen and oxygen atoms in total. The molecule has 0 N–H and O–H groups in total. The number of Topliss-reactive ketones (excluding diaryl/α,β-unsaturated/α-hetero) is 2. The second kappa shape index (κ2) is 4.77. The highest BCUT2D eigenvalue weighted by atomic mass is 79.9. The largest absolute Gasteiger partial charge is 0.289 e. The summed E-state index contributed by atoms with van der Waals surface area (Å²) in [5.74, 6) is 0.0990. The minimum atomic E-state index is -0.272. The van der Waals surface area contributed by atoms with Gasteiger partial charge >= 0.3 is 0 Å². The summed E-state index contributed by atoms with van der Waals surface area (Å²) in [4.78, 5) is 25.9. The number of hydrogen-bond acceptors (Lipinski definition) is 2. The van der Waals surface area contributed by atoms with Gasteiger partial charge in [0.25, 0.3) is 0 Å². The van der Waals surface area contributed by atoms with Crippen LogP contribution in [0.15, 0.2) is 32.9 Å². The summed E-state index contributed by atoms with van der Waals surface area (Å²) in [5.41, 5.74) is 3.06. The Balaban J connectivity index is 2.20. The van der Waals surface area contributed by atoms with Crippen molar-refractivity contribution in [2.75, 3.05) is 0 Å². The van der Waals surface area contributed by atoms with Crippen molar-refractivity contribution in [2.24, 2.45) is 16.7 Å². The van der Waals surface area contributed by atoms with Crippen molar-refractivity contribution >= 4 is 27.5 Å². The van der Waals surface area contributed by atoms with Gasteiger partial charge in [0.2, 0.25) is 0 Å². The van der Waals surface area contributed by atoms with Gasteiger partial charge < -0.3 is 0 Å². The van der Waals surface area contributed by atoms with Gasteiger partial charge in [0.1, 0.15) is 0 Å². The molecule has 1 atom stereocenters. The molecule has 3 heteroatoms. The monoisotopic (exact) mass is 362 g/mol. The minimum Gasteiger partial charge on any atom is -0.289 e. The summed E-state index contributed by atoms with van der Waals surface area (Å²) in [6.07, 6.45) is 5.20. The van der Waals surface area contributed by atoms with E-state index in [0.29, 0.717) is 15.6 Å². The van der Waals surface area contributed by atoms with E-state index < -0.39 is 0 Å². The summed E-state index contributed by atoms with van der Waals surface area (Å²) in [6, 6.07) is 0. The second-order valence-electron chi connectivity index (χ2n) is 7.96. The van der Waals surface area contributed by atoms with E-state index in [1.54, 1.807) is 0 Å². The third-order valence-corrected chi connectivity index (χ3v) is 6.43. The zero-order valence-electron chi connectivity index (χ0n) is 14.0. The van der Waals surface area contributed by atoms with Crippen molar-refractivity contribution in [2.45, 2.75) is 53.9 Å². The average molecular weight is 363 g/mol. The van der Waals surface area contributed by atoms with Gasteiger partial charge in [-0.25, -0.2) is 0 Å². The van der Waals surface area contributed by atoms with Gasteiger partial charge in [0.15, 0.2) is 11.6 Å². The fourth-order valence-corrected chi connectivity index (χ4v) is 5.41. The van der Waals surface area contributed by atoms with Gasteiger partial charge in [-0.05, 0) is 46.2 Å². The lowest BCUT2D eigenvalue weighted by atomic mass is 9.59. The van der Waals surface area contributed by atoms with E-state index >= 15 is 0 Å². The van der Waals surface area contributed by atoms with Crippen molar-refractivity contribution < 1.29 is 9.59 Å². The number of carbonyl (C=O) groups is 2. The van der Waals surface area contributed by atoms with Gasteiger partial charge in [-0.2, -0.15) is 0 Å². The smallest absolute Gasteiger partial charge is 0.198 e. The van der Waals surface area contributed by atoms with E-state index in [2.05, 4.69) is 36.7 Å². The molecule has 118 valence electrons. The van der Waals surface area contributed by atoms with Crippen LogP contribution in [0.1, 0.15) is 53.9 Å². The quantitative estimate of drug-likeness (QED) is 0.621. The first-order valence-electron chi connectivity index (χ1n) is 8.08. The molecule has 0 saturated heterocycles. The Kier molecular flexibility index (Phi) is 3.45. The number of hydrogen-bond donors (Lipinski definition) is 0. The number of fused-ring (bicyclic) bond motifs is 2. The maximum absolute atomic E-state index is 13.0. The first kappa shape index (κ1) is 15.9. The van der Waals surface area contributed by atoms with Gasteiger partial charge in [0, 0.05) is 22.1 Å². The fourth-order valence-electron chi connectivity index (χ4n) is 4.57. The van der Waals surface area contributed by atoms with E-state index in [4.69, 9.17) is 0 Å². The number of halogens is 1. The Hall–Kier alpha value is -0.960. The average Bonchev–Trinajstić information content (AvgIpc) is 2.71. The van der Waals surface area contributed by atoms with Crippen LogP contribution in [0.25, 0.3) is 0 Å². The topological polar surface area (TPSA) is 34.1 Å². The molecule has 0 aliphatic heterocycles. The lowest BCUT2D eigenvalue weighted by Crippen LogP contribution is -2.37. The molecule has 3 aliphatic rings. The molecule has 0 heterocycles. The van der Waals surface area contributed by atoms with E-state index in [1.807, 2.05) is 19.9 Å². The summed E-state index contributed by atoms with van der Waals surface area (Å²) in [7, 11) is 0. The standard InChI is InChI=1S/C19H23BrO2/c1-10(2)13-15(20)17(22)14-11(16(13)21)9-12-18(3,4)7-6-8-19(12,14)5/h9-10H,6-8H2,1-5H3/t19-/m0/s1. The van der Waals surface area contributed by atoms with E-state index in [1.165, 1.54) is 5.57 Å². The number of ketones is 2. The predicted octanol–water partition coefficient (Wildman–Crippen LogP) is 4.90. The van der Waals surface area contributed by atoms with E-state index in [0.717, 1.165) is 24.8 Å². The highest BCUT2D eigenvalue weighted by Crippen LogP contribution is 2.60. The van der Waals surface area contributed by atoms with Gasteiger partial charge in [-0.1, -0.05) is 46.6 Å². The lowest BCUT2D eigenvalue weighted by Gasteiger charge is -2.45. The van der Waals surface area contributed by atoms with Crippen LogP contribution in [0.2, 0.25) is 0 Å². The van der Waals surface area contributed by atoms with E-state index in [-0.39, 0.29) is 28.3 Å². The third-order valence-electron chi connectivity index (χ3n) is 5.64. The van der Waals surface area contributed by atoms with Crippen molar-refractivity contribution in [3.63, 3.8) is 0 Å². The van der Waals surface area contributed by atoms with Crippen molar-refractivity contribution in [1.29, 1.82) is 0 Å². The Morgan fingerprint density at radius 3 is 2.32 bits per heavy atom. The van der Waals surface area contributed by atoms with Gasteiger partial charge in [0.05, 0.1) is 4.48 Å². The molecule has 0 spiro atoms. The normalized spacial score (nSPS) is 30.8. The Labute approximate surface area is 140 Å². The highest BCUT2D eigenvalue weighted by Gasteiger charge is 2.53. The summed E-state index contributed by atoms with van der Waals surface area (Å²) < 4.78 is 0.477. The number of allylic oxidation sites excluding steroid dienone is 6. The van der Waals surface area contributed by atoms with Crippen LogP contribution in [-0.4, -0.2) is 11.6 Å². The Morgan fingerprint density at radius 2 is 1.73 bits per heavy atom. The van der Waals surface area contributed by atoms with Crippen LogP contribution in [0.5, 0.6) is 0 Å². The van der Waals surface area contributed by atoms with Gasteiger partial charge in [-0.15, -0.1) is 0 Å². The molecule has 0 aromatic carbocycles. The van der Waals surface area contributed by atoms with Crippen molar-refractivity contribution in [3.05, 3.63) is 32.9 Å². The molecule has 0 amide bonds. The van der Waals surface area contributed by atoms with Crippen molar-refractivity contribution in [3.8, 4) is 0 Å². The molecule has 0 radical (unpaired) electrons. The predicted molar refractivity (Wildman–Crippen MR) is 91.7 cm³/mol. The molecular formula is C19H23BrO2. The van der Waals surface area contributed by atoms with Crippen LogP contribution in [0.4, 0.5) is 0 Å². The molecule has 0 unspecified atom stereocenters. The maximum Gasteiger partial charge on any atom is 0.198 e. The van der Waals surface area contributed by atoms with Crippen LogP contribution < -0.4 is 0 Å². The maximum atomic E-state index is 13.0. The second-order valence-corrected chi connectivity index (χ2v) is 8.75. The fraction of sp³-hybridized carbons (Fsp3) is 0.579.